The van der Waals surface area contributed by atoms with Crippen LogP contribution in [-0.4, -0.2) is 48.5 Å². The van der Waals surface area contributed by atoms with Gasteiger partial charge in [0, 0.05) is 11.6 Å². The fraction of sp³-hybridized carbons (Fsp3) is 0.417. The molecule has 0 fully saturated rings. The molecule has 0 heterocycles. The number of likely N-dealkylation sites (N-methyl/N-ethyl adjacent to an activating group) is 1. The number of nitrogens with zero attached hydrogens (tertiary/aromatic N) is 2. The van der Waals surface area contributed by atoms with Crippen LogP contribution in [0.25, 0.3) is 0 Å². The van der Waals surface area contributed by atoms with Gasteiger partial charge in [0.25, 0.3) is 5.69 Å². The minimum Gasteiger partial charge on any atom is -0.544 e. The number of benzene rings is 1. The number of rotatable bonds is 3. The minimum atomic E-state index is -1.00. The highest BCUT2D eigenvalue weighted by molar-refractivity contribution is 5.65. The molecule has 0 bridgehead atoms. The lowest BCUT2D eigenvalue weighted by Gasteiger charge is -2.23. The van der Waals surface area contributed by atoms with Crippen molar-refractivity contribution in [3.63, 3.8) is 0 Å². The number of nitro groups is 1. The summed E-state index contributed by atoms with van der Waals surface area (Å²) in [5.41, 5.74) is 0.884. The van der Waals surface area contributed by atoms with Crippen LogP contribution < -0.4 is 5.11 Å². The molecule has 0 aliphatic heterocycles. The van der Waals surface area contributed by atoms with Crippen LogP contribution in [-0.2, 0) is 4.79 Å². The monoisotopic (exact) mass is 272 g/mol. The van der Waals surface area contributed by atoms with Crippen molar-refractivity contribution in [2.75, 3.05) is 27.7 Å². The zero-order valence-electron chi connectivity index (χ0n) is 11.5. The van der Waals surface area contributed by atoms with Crippen molar-refractivity contribution >= 4 is 11.7 Å². The van der Waals surface area contributed by atoms with Gasteiger partial charge >= 0.3 is 0 Å². The maximum Gasteiger partial charge on any atom is 0.272 e. The third-order valence-electron chi connectivity index (χ3n) is 1.92. The molecule has 0 saturated carbocycles. The minimum absolute atomic E-state index is 0. The van der Waals surface area contributed by atoms with Crippen molar-refractivity contribution in [3.8, 4) is 0 Å². The molecule has 0 aromatic heterocycles. The molecule has 0 saturated heterocycles. The summed E-state index contributed by atoms with van der Waals surface area (Å²) in [6, 6.07) is 6.65. The zero-order chi connectivity index (χ0) is 14.3. The van der Waals surface area contributed by atoms with Crippen molar-refractivity contribution < 1.29 is 24.8 Å². The predicted octanol–water partition coefficient (Wildman–Crippen LogP) is -0.479. The van der Waals surface area contributed by atoms with Crippen LogP contribution >= 0.6 is 0 Å². The van der Waals surface area contributed by atoms with Crippen LogP contribution in [0.15, 0.2) is 24.3 Å². The topological polar surface area (TPSA) is 115 Å². The van der Waals surface area contributed by atoms with Gasteiger partial charge in [0.2, 0.25) is 0 Å². The fourth-order valence-electron chi connectivity index (χ4n) is 1.16. The number of aliphatic carboxylic acids is 1. The molecule has 19 heavy (non-hydrogen) atoms. The molecule has 0 aliphatic carbocycles. The number of carboxylic acids is 1. The molecule has 1 aromatic carbocycles. The fourth-order valence-corrected chi connectivity index (χ4v) is 1.16. The van der Waals surface area contributed by atoms with Gasteiger partial charge in [0.15, 0.2) is 0 Å². The molecule has 2 N–H and O–H groups in total. The maximum absolute atomic E-state index is 10.2. The van der Waals surface area contributed by atoms with E-state index in [4.69, 9.17) is 0 Å². The van der Waals surface area contributed by atoms with Crippen LogP contribution in [0.1, 0.15) is 5.56 Å². The van der Waals surface area contributed by atoms with Crippen molar-refractivity contribution in [3.05, 3.63) is 39.9 Å². The second-order valence-electron chi connectivity index (χ2n) is 4.86. The Morgan fingerprint density at radius 2 is 1.74 bits per heavy atom. The first kappa shape index (κ1) is 19.4. The number of hydrogen-bond acceptors (Lipinski definition) is 4. The summed E-state index contributed by atoms with van der Waals surface area (Å²) in [7, 11) is 5.40. The Labute approximate surface area is 112 Å². The van der Waals surface area contributed by atoms with E-state index in [1.807, 2.05) is 0 Å². The summed E-state index contributed by atoms with van der Waals surface area (Å²) in [4.78, 5) is 19.7. The molecule has 7 heteroatoms. The third-order valence-corrected chi connectivity index (χ3v) is 1.92. The highest BCUT2D eigenvalue weighted by atomic mass is 16.6. The van der Waals surface area contributed by atoms with E-state index in [1.54, 1.807) is 46.3 Å². The van der Waals surface area contributed by atoms with E-state index in [9.17, 15) is 20.0 Å². The number of carboxylic acid groups (broad SMARTS) is 1. The van der Waals surface area contributed by atoms with Gasteiger partial charge in [-0.15, -0.1) is 0 Å². The Kier molecular flexibility index (Phi) is 8.32. The SMILES string of the molecule is C[N+](C)(C)CC(=O)[O-].Cc1ccccc1[N+](=O)[O-].O. The summed E-state index contributed by atoms with van der Waals surface area (Å²) in [5, 5.41) is 20.1. The summed E-state index contributed by atoms with van der Waals surface area (Å²) < 4.78 is 0.419. The average Bonchev–Trinajstić information content (AvgIpc) is 2.14. The molecule has 0 spiro atoms. The Bertz CT molecular complexity index is 426. The normalized spacial score (nSPS) is 9.68. The highest BCUT2D eigenvalue weighted by Gasteiger charge is 2.06. The number of aryl methyl sites for hydroxylation is 1. The number of quaternary nitrogens is 1. The molecule has 0 unspecified atom stereocenters. The van der Waals surface area contributed by atoms with Crippen LogP contribution in [0.2, 0.25) is 0 Å². The van der Waals surface area contributed by atoms with Gasteiger partial charge in [-0.2, -0.15) is 0 Å². The van der Waals surface area contributed by atoms with Gasteiger partial charge in [0.1, 0.15) is 6.54 Å². The first-order chi connectivity index (χ1) is 8.13. The molecule has 108 valence electrons. The van der Waals surface area contributed by atoms with Crippen LogP contribution in [0.5, 0.6) is 0 Å². The molecule has 0 aliphatic rings. The van der Waals surface area contributed by atoms with Gasteiger partial charge in [-0.1, -0.05) is 18.2 Å². The second kappa shape index (κ2) is 8.17. The van der Waals surface area contributed by atoms with Crippen LogP contribution in [0.3, 0.4) is 0 Å². The number of nitro benzene ring substituents is 1. The number of hydrogen-bond donors (Lipinski definition) is 0. The molecule has 0 amide bonds. The van der Waals surface area contributed by atoms with Gasteiger partial charge in [-0.3, -0.25) is 10.1 Å². The number of carbonyl (C=O) groups excluding carboxylic acids is 1. The zero-order valence-corrected chi connectivity index (χ0v) is 11.5. The lowest BCUT2D eigenvalue weighted by atomic mass is 10.2. The highest BCUT2D eigenvalue weighted by Crippen LogP contribution is 2.14. The van der Waals surface area contributed by atoms with Crippen molar-refractivity contribution in [2.45, 2.75) is 6.92 Å². The summed E-state index contributed by atoms with van der Waals surface area (Å²) >= 11 is 0. The molecular weight excluding hydrogens is 252 g/mol. The molecule has 7 nitrogen and oxygen atoms in total. The molecule has 1 aromatic rings. The van der Waals surface area contributed by atoms with E-state index in [0.717, 1.165) is 0 Å². The first-order valence-corrected chi connectivity index (χ1v) is 5.34. The van der Waals surface area contributed by atoms with Gasteiger partial charge in [0.05, 0.1) is 32.0 Å². The predicted molar refractivity (Wildman–Crippen MR) is 69.4 cm³/mol. The average molecular weight is 272 g/mol. The summed E-state index contributed by atoms with van der Waals surface area (Å²) in [6.07, 6.45) is 0. The summed E-state index contributed by atoms with van der Waals surface area (Å²) in [6.45, 7) is 1.79. The van der Waals surface area contributed by atoms with Crippen molar-refractivity contribution in [1.82, 2.24) is 0 Å². The quantitative estimate of drug-likeness (QED) is 0.420. The maximum atomic E-state index is 10.2. The molecular formula is C12H20N2O5. The van der Waals surface area contributed by atoms with Crippen LogP contribution in [0.4, 0.5) is 5.69 Å². The Morgan fingerprint density at radius 1 is 1.26 bits per heavy atom. The molecule has 0 radical (unpaired) electrons. The number of para-hydroxylation sites is 1. The van der Waals surface area contributed by atoms with Crippen molar-refractivity contribution in [1.29, 1.82) is 0 Å². The van der Waals surface area contributed by atoms with E-state index in [-0.39, 0.29) is 22.6 Å². The third kappa shape index (κ3) is 9.69. The van der Waals surface area contributed by atoms with E-state index in [0.29, 0.717) is 10.0 Å². The standard InChI is InChI=1S/C7H7NO2.C5H11NO2.H2O/c1-6-4-2-3-5-7(6)8(9)10;1-6(2,3)4-5(7)8;/h2-5H,1H3;4H2,1-3H3;1H2. The molecule has 1 rings (SSSR count). The van der Waals surface area contributed by atoms with Gasteiger partial charge in [-0.05, 0) is 6.92 Å². The second-order valence-corrected chi connectivity index (χ2v) is 4.86. The Hall–Kier alpha value is -1.99. The first-order valence-electron chi connectivity index (χ1n) is 5.34. The van der Waals surface area contributed by atoms with E-state index in [1.165, 1.54) is 6.07 Å². The van der Waals surface area contributed by atoms with Gasteiger partial charge < -0.3 is 19.9 Å². The van der Waals surface area contributed by atoms with Crippen LogP contribution in [0, 0.1) is 17.0 Å². The lowest BCUT2D eigenvalue weighted by Crippen LogP contribution is -2.45. The molecule has 0 atom stereocenters. The smallest absolute Gasteiger partial charge is 0.272 e. The lowest BCUT2D eigenvalue weighted by molar-refractivity contribution is -0.864. The largest absolute Gasteiger partial charge is 0.544 e. The van der Waals surface area contributed by atoms with Gasteiger partial charge in [-0.25, -0.2) is 0 Å². The van der Waals surface area contributed by atoms with E-state index < -0.39 is 5.97 Å². The summed E-state index contributed by atoms with van der Waals surface area (Å²) in [5.74, 6) is -1.00. The Morgan fingerprint density at radius 3 is 1.95 bits per heavy atom. The van der Waals surface area contributed by atoms with Crippen molar-refractivity contribution in [2.24, 2.45) is 0 Å². The number of carbonyl (C=O) groups is 1. The Balaban J connectivity index is 0. The van der Waals surface area contributed by atoms with E-state index >= 15 is 0 Å². The van der Waals surface area contributed by atoms with E-state index in [2.05, 4.69) is 0 Å².